The first kappa shape index (κ1) is 15.2. The highest BCUT2D eigenvalue weighted by Crippen LogP contribution is 2.24. The fraction of sp³-hybridized carbons (Fsp3) is 0. The van der Waals surface area contributed by atoms with E-state index in [1.54, 1.807) is 0 Å². The van der Waals surface area contributed by atoms with Crippen LogP contribution in [0, 0.1) is 0 Å². The van der Waals surface area contributed by atoms with Gasteiger partial charge < -0.3 is 15.5 Å². The number of carbonyl (C=O) groups is 2. The summed E-state index contributed by atoms with van der Waals surface area (Å²) in [6, 6.07) is 8.06. The van der Waals surface area contributed by atoms with E-state index in [2.05, 4.69) is 5.32 Å². The molecule has 0 radical (unpaired) electrons. The number of rotatable bonds is 3. The van der Waals surface area contributed by atoms with Crippen molar-refractivity contribution in [1.29, 1.82) is 0 Å². The van der Waals surface area contributed by atoms with Crippen LogP contribution in [0.25, 0.3) is 0 Å². The van der Waals surface area contributed by atoms with Crippen molar-refractivity contribution in [3.05, 3.63) is 57.6 Å². The maximum Gasteiger partial charge on any atom is 0.337 e. The number of phenols is 1. The van der Waals surface area contributed by atoms with Crippen LogP contribution in [-0.4, -0.2) is 22.1 Å². The first-order valence-corrected chi connectivity index (χ1v) is 6.47. The van der Waals surface area contributed by atoms with E-state index in [0.717, 1.165) is 0 Å². The number of carboxylic acids is 1. The van der Waals surface area contributed by atoms with Crippen molar-refractivity contribution in [2.75, 3.05) is 5.32 Å². The number of aromatic hydroxyl groups is 1. The Morgan fingerprint density at radius 3 is 2.33 bits per heavy atom. The lowest BCUT2D eigenvalue weighted by Gasteiger charge is -2.08. The van der Waals surface area contributed by atoms with Crippen LogP contribution in [0.5, 0.6) is 5.75 Å². The number of anilines is 1. The van der Waals surface area contributed by atoms with E-state index in [9.17, 15) is 14.7 Å². The minimum absolute atomic E-state index is 0.000864. The Morgan fingerprint density at radius 1 is 1.00 bits per heavy atom. The van der Waals surface area contributed by atoms with E-state index in [0.29, 0.717) is 10.7 Å². The van der Waals surface area contributed by atoms with Crippen molar-refractivity contribution < 1.29 is 19.8 Å². The number of nitrogens with one attached hydrogen (secondary N) is 1. The largest absolute Gasteiger partial charge is 0.507 e. The average Bonchev–Trinajstić information content (AvgIpc) is 2.41. The van der Waals surface area contributed by atoms with Crippen molar-refractivity contribution >= 4 is 40.8 Å². The molecule has 0 atom stereocenters. The SMILES string of the molecule is O=C(Nc1ccc(C(=O)O)c(Cl)c1)c1cc(Cl)ccc1O. The third kappa shape index (κ3) is 3.45. The van der Waals surface area contributed by atoms with Crippen LogP contribution < -0.4 is 5.32 Å². The Kier molecular flexibility index (Phi) is 4.35. The molecule has 0 spiro atoms. The molecule has 0 aliphatic heterocycles. The lowest BCUT2D eigenvalue weighted by atomic mass is 10.1. The normalized spacial score (nSPS) is 10.2. The molecule has 0 unspecified atom stereocenters. The van der Waals surface area contributed by atoms with Crippen molar-refractivity contribution in [1.82, 2.24) is 0 Å². The molecule has 3 N–H and O–H groups in total. The third-order valence-corrected chi connectivity index (χ3v) is 3.21. The highest BCUT2D eigenvalue weighted by atomic mass is 35.5. The summed E-state index contributed by atoms with van der Waals surface area (Å²) in [4.78, 5) is 22.9. The van der Waals surface area contributed by atoms with Gasteiger partial charge in [0.05, 0.1) is 16.1 Å². The number of carboxylic acid groups (broad SMARTS) is 1. The van der Waals surface area contributed by atoms with Gasteiger partial charge in [0.25, 0.3) is 5.91 Å². The monoisotopic (exact) mass is 325 g/mol. The van der Waals surface area contributed by atoms with Crippen molar-refractivity contribution in [3.8, 4) is 5.75 Å². The summed E-state index contributed by atoms with van der Waals surface area (Å²) in [5, 5.41) is 21.3. The van der Waals surface area contributed by atoms with Gasteiger partial charge in [0.15, 0.2) is 0 Å². The number of benzene rings is 2. The number of halogens is 2. The number of carbonyl (C=O) groups excluding carboxylic acids is 1. The second-order valence-electron chi connectivity index (χ2n) is 4.12. The molecule has 0 saturated heterocycles. The van der Waals surface area contributed by atoms with Crippen LogP contribution in [0.1, 0.15) is 20.7 Å². The standard InChI is InChI=1S/C14H9Cl2NO4/c15-7-1-4-12(18)10(5-7)13(19)17-8-2-3-9(14(20)21)11(16)6-8/h1-6,18H,(H,17,19)(H,20,21). The van der Waals surface area contributed by atoms with Crippen molar-refractivity contribution in [2.24, 2.45) is 0 Å². The van der Waals surface area contributed by atoms with E-state index >= 15 is 0 Å². The number of hydrogen-bond acceptors (Lipinski definition) is 3. The Balaban J connectivity index is 2.26. The Morgan fingerprint density at radius 2 is 1.71 bits per heavy atom. The van der Waals surface area contributed by atoms with Gasteiger partial charge in [0.2, 0.25) is 0 Å². The molecule has 21 heavy (non-hydrogen) atoms. The molecule has 2 aromatic carbocycles. The predicted molar refractivity (Wildman–Crippen MR) is 79.5 cm³/mol. The number of amides is 1. The predicted octanol–water partition coefficient (Wildman–Crippen LogP) is 3.65. The number of aromatic carboxylic acids is 1. The average molecular weight is 326 g/mol. The van der Waals surface area contributed by atoms with Gasteiger partial charge in [0.1, 0.15) is 5.75 Å². The van der Waals surface area contributed by atoms with Crippen molar-refractivity contribution in [3.63, 3.8) is 0 Å². The van der Waals surface area contributed by atoms with Gasteiger partial charge in [-0.2, -0.15) is 0 Å². The first-order chi connectivity index (χ1) is 9.88. The quantitative estimate of drug-likeness (QED) is 0.803. The summed E-state index contributed by atoms with van der Waals surface area (Å²) in [5.74, 6) is -1.97. The van der Waals surface area contributed by atoms with Gasteiger partial charge in [-0.05, 0) is 36.4 Å². The first-order valence-electron chi connectivity index (χ1n) is 5.71. The van der Waals surface area contributed by atoms with Gasteiger partial charge in [-0.1, -0.05) is 23.2 Å². The summed E-state index contributed by atoms with van der Waals surface area (Å²) in [7, 11) is 0. The molecular weight excluding hydrogens is 317 g/mol. The van der Waals surface area contributed by atoms with Gasteiger partial charge >= 0.3 is 5.97 Å². The fourth-order valence-electron chi connectivity index (χ4n) is 1.65. The summed E-state index contributed by atoms with van der Waals surface area (Å²) >= 11 is 11.6. The molecule has 108 valence electrons. The highest BCUT2D eigenvalue weighted by molar-refractivity contribution is 6.34. The topological polar surface area (TPSA) is 86.6 Å². The third-order valence-electron chi connectivity index (χ3n) is 2.66. The lowest BCUT2D eigenvalue weighted by Crippen LogP contribution is -2.12. The van der Waals surface area contributed by atoms with Crippen LogP contribution in [0.4, 0.5) is 5.69 Å². The smallest absolute Gasteiger partial charge is 0.337 e. The molecule has 0 bridgehead atoms. The molecule has 0 heterocycles. The highest BCUT2D eigenvalue weighted by Gasteiger charge is 2.14. The maximum atomic E-state index is 12.0. The van der Waals surface area contributed by atoms with Crippen LogP contribution in [-0.2, 0) is 0 Å². The minimum Gasteiger partial charge on any atom is -0.507 e. The lowest BCUT2D eigenvalue weighted by molar-refractivity contribution is 0.0697. The molecule has 1 amide bonds. The molecule has 2 rings (SSSR count). The zero-order valence-corrected chi connectivity index (χ0v) is 11.9. The summed E-state index contributed by atoms with van der Waals surface area (Å²) in [6.45, 7) is 0. The van der Waals surface area contributed by atoms with E-state index in [1.807, 2.05) is 0 Å². The van der Waals surface area contributed by atoms with E-state index in [1.165, 1.54) is 36.4 Å². The second kappa shape index (κ2) is 6.03. The second-order valence-corrected chi connectivity index (χ2v) is 4.96. The van der Waals surface area contributed by atoms with Crippen LogP contribution in [0.2, 0.25) is 10.0 Å². The molecule has 2 aromatic rings. The van der Waals surface area contributed by atoms with Crippen molar-refractivity contribution in [2.45, 2.75) is 0 Å². The van der Waals surface area contributed by atoms with E-state index in [4.69, 9.17) is 28.3 Å². The van der Waals surface area contributed by atoms with E-state index in [-0.39, 0.29) is 21.9 Å². The van der Waals surface area contributed by atoms with Crippen LogP contribution in [0.15, 0.2) is 36.4 Å². The van der Waals surface area contributed by atoms with Gasteiger partial charge in [-0.3, -0.25) is 4.79 Å². The zero-order chi connectivity index (χ0) is 15.6. The van der Waals surface area contributed by atoms with Crippen LogP contribution in [0.3, 0.4) is 0 Å². The molecule has 0 aromatic heterocycles. The molecular formula is C14H9Cl2NO4. The summed E-state index contributed by atoms with van der Waals surface area (Å²) in [5.41, 5.74) is 0.232. The van der Waals surface area contributed by atoms with Gasteiger partial charge in [-0.25, -0.2) is 4.79 Å². The molecule has 0 saturated carbocycles. The fourth-order valence-corrected chi connectivity index (χ4v) is 2.09. The molecule has 5 nitrogen and oxygen atoms in total. The molecule has 7 heteroatoms. The minimum atomic E-state index is -1.16. The summed E-state index contributed by atoms with van der Waals surface area (Å²) in [6.07, 6.45) is 0. The van der Waals surface area contributed by atoms with Crippen LogP contribution >= 0.6 is 23.2 Å². The Hall–Kier alpha value is -2.24. The molecule has 0 aliphatic carbocycles. The molecule has 0 aliphatic rings. The van der Waals surface area contributed by atoms with Gasteiger partial charge in [0, 0.05) is 10.7 Å². The number of phenolic OH excluding ortho intramolecular Hbond substituents is 1. The van der Waals surface area contributed by atoms with E-state index < -0.39 is 11.9 Å². The Labute approximate surface area is 129 Å². The maximum absolute atomic E-state index is 12.0. The van der Waals surface area contributed by atoms with Gasteiger partial charge in [-0.15, -0.1) is 0 Å². The summed E-state index contributed by atoms with van der Waals surface area (Å²) < 4.78 is 0. The number of hydrogen-bond donors (Lipinski definition) is 3. The molecule has 0 fully saturated rings. The zero-order valence-electron chi connectivity index (χ0n) is 10.4. The Bertz CT molecular complexity index is 731.